The standard InChI is InChI=1S/C12H19N3O/c1-3-9(2)16-12-8-13-6-11(15-12)7-14-10-4-5-10/h6,8-10,14H,3-5,7H2,1-2H3. The molecule has 1 fully saturated rings. The van der Waals surface area contributed by atoms with Crippen LogP contribution in [0.3, 0.4) is 0 Å². The van der Waals surface area contributed by atoms with E-state index in [4.69, 9.17) is 4.74 Å². The number of nitrogens with one attached hydrogen (secondary N) is 1. The van der Waals surface area contributed by atoms with Crippen LogP contribution in [0.2, 0.25) is 0 Å². The summed E-state index contributed by atoms with van der Waals surface area (Å²) in [4.78, 5) is 8.56. The van der Waals surface area contributed by atoms with Crippen LogP contribution in [-0.4, -0.2) is 22.1 Å². The molecule has 0 saturated heterocycles. The van der Waals surface area contributed by atoms with Crippen LogP contribution in [0.15, 0.2) is 12.4 Å². The number of nitrogens with zero attached hydrogens (tertiary/aromatic N) is 2. The van der Waals surface area contributed by atoms with Crippen molar-refractivity contribution in [2.24, 2.45) is 0 Å². The highest BCUT2D eigenvalue weighted by Gasteiger charge is 2.20. The maximum absolute atomic E-state index is 5.63. The summed E-state index contributed by atoms with van der Waals surface area (Å²) in [6, 6.07) is 0.695. The summed E-state index contributed by atoms with van der Waals surface area (Å²) in [6.45, 7) is 4.92. The first-order chi connectivity index (χ1) is 7.78. The highest BCUT2D eigenvalue weighted by Crippen LogP contribution is 2.19. The van der Waals surface area contributed by atoms with Crippen molar-refractivity contribution in [1.29, 1.82) is 0 Å². The molecular weight excluding hydrogens is 202 g/mol. The summed E-state index contributed by atoms with van der Waals surface area (Å²) in [5.74, 6) is 0.629. The van der Waals surface area contributed by atoms with E-state index in [1.165, 1.54) is 12.8 Å². The Bertz CT molecular complexity index is 339. The quantitative estimate of drug-likeness (QED) is 0.797. The molecule has 1 unspecified atom stereocenters. The molecule has 1 aliphatic carbocycles. The molecule has 1 saturated carbocycles. The SMILES string of the molecule is CCC(C)Oc1cncc(CNC2CC2)n1. The fourth-order valence-electron chi connectivity index (χ4n) is 1.35. The van der Waals surface area contributed by atoms with Gasteiger partial charge in [-0.3, -0.25) is 4.98 Å². The van der Waals surface area contributed by atoms with E-state index >= 15 is 0 Å². The van der Waals surface area contributed by atoms with E-state index in [0.29, 0.717) is 11.9 Å². The Morgan fingerprint density at radius 3 is 3.00 bits per heavy atom. The number of aromatic nitrogens is 2. The number of ether oxygens (including phenoxy) is 1. The molecule has 88 valence electrons. The number of hydrogen-bond donors (Lipinski definition) is 1. The van der Waals surface area contributed by atoms with Crippen LogP contribution in [0.25, 0.3) is 0 Å². The minimum absolute atomic E-state index is 0.195. The van der Waals surface area contributed by atoms with Gasteiger partial charge in [-0.1, -0.05) is 6.92 Å². The first-order valence-corrected chi connectivity index (χ1v) is 5.99. The predicted molar refractivity (Wildman–Crippen MR) is 62.3 cm³/mol. The second-order valence-electron chi connectivity index (χ2n) is 4.34. The maximum Gasteiger partial charge on any atom is 0.232 e. The van der Waals surface area contributed by atoms with Gasteiger partial charge in [0.15, 0.2) is 0 Å². The second-order valence-corrected chi connectivity index (χ2v) is 4.34. The van der Waals surface area contributed by atoms with Gasteiger partial charge in [-0.25, -0.2) is 4.98 Å². The van der Waals surface area contributed by atoms with Gasteiger partial charge in [0.1, 0.15) is 0 Å². The van der Waals surface area contributed by atoms with Gasteiger partial charge < -0.3 is 10.1 Å². The van der Waals surface area contributed by atoms with Crippen molar-refractivity contribution in [3.63, 3.8) is 0 Å². The van der Waals surface area contributed by atoms with Crippen molar-refractivity contribution in [3.05, 3.63) is 18.1 Å². The van der Waals surface area contributed by atoms with E-state index in [2.05, 4.69) is 22.2 Å². The normalized spacial score (nSPS) is 17.1. The van der Waals surface area contributed by atoms with E-state index < -0.39 is 0 Å². The minimum Gasteiger partial charge on any atom is -0.474 e. The zero-order valence-electron chi connectivity index (χ0n) is 9.94. The Hall–Kier alpha value is -1.16. The van der Waals surface area contributed by atoms with Crippen LogP contribution in [0.4, 0.5) is 0 Å². The van der Waals surface area contributed by atoms with Crippen LogP contribution in [-0.2, 0) is 6.54 Å². The van der Waals surface area contributed by atoms with Crippen molar-refractivity contribution in [2.75, 3.05) is 0 Å². The summed E-state index contributed by atoms with van der Waals surface area (Å²) in [7, 11) is 0. The highest BCUT2D eigenvalue weighted by atomic mass is 16.5. The minimum atomic E-state index is 0.195. The smallest absolute Gasteiger partial charge is 0.232 e. The third-order valence-electron chi connectivity index (χ3n) is 2.71. The average molecular weight is 221 g/mol. The Balaban J connectivity index is 1.89. The molecule has 1 aromatic heterocycles. The van der Waals surface area contributed by atoms with Crippen LogP contribution < -0.4 is 10.1 Å². The third-order valence-corrected chi connectivity index (χ3v) is 2.71. The summed E-state index contributed by atoms with van der Waals surface area (Å²) < 4.78 is 5.63. The monoisotopic (exact) mass is 221 g/mol. The van der Waals surface area contributed by atoms with E-state index in [9.17, 15) is 0 Å². The first kappa shape index (κ1) is 11.3. The molecule has 1 aliphatic rings. The van der Waals surface area contributed by atoms with Gasteiger partial charge in [0.2, 0.25) is 5.88 Å². The Morgan fingerprint density at radius 2 is 2.31 bits per heavy atom. The van der Waals surface area contributed by atoms with E-state index in [-0.39, 0.29) is 6.10 Å². The summed E-state index contributed by atoms with van der Waals surface area (Å²) >= 11 is 0. The molecule has 0 aromatic carbocycles. The van der Waals surface area contributed by atoms with Gasteiger partial charge in [0.25, 0.3) is 0 Å². The van der Waals surface area contributed by atoms with Crippen LogP contribution in [0.5, 0.6) is 5.88 Å². The summed E-state index contributed by atoms with van der Waals surface area (Å²) in [6.07, 6.45) is 7.21. The molecule has 1 N–H and O–H groups in total. The van der Waals surface area contributed by atoms with Gasteiger partial charge in [0.05, 0.1) is 18.0 Å². The number of hydrogen-bond acceptors (Lipinski definition) is 4. The first-order valence-electron chi connectivity index (χ1n) is 5.99. The topological polar surface area (TPSA) is 47.0 Å². The van der Waals surface area contributed by atoms with Crippen LogP contribution >= 0.6 is 0 Å². The molecule has 0 bridgehead atoms. The fraction of sp³-hybridized carbons (Fsp3) is 0.667. The third kappa shape index (κ3) is 3.45. The van der Waals surface area contributed by atoms with Crippen molar-refractivity contribution in [1.82, 2.24) is 15.3 Å². The van der Waals surface area contributed by atoms with E-state index in [1.807, 2.05) is 6.92 Å². The van der Waals surface area contributed by atoms with Crippen molar-refractivity contribution in [3.8, 4) is 5.88 Å². The maximum atomic E-state index is 5.63. The largest absolute Gasteiger partial charge is 0.474 e. The summed E-state index contributed by atoms with van der Waals surface area (Å²) in [5, 5.41) is 3.41. The average Bonchev–Trinajstić information content (AvgIpc) is 3.10. The molecular formula is C12H19N3O. The van der Waals surface area contributed by atoms with E-state index in [1.54, 1.807) is 12.4 Å². The highest BCUT2D eigenvalue weighted by molar-refractivity contribution is 5.09. The van der Waals surface area contributed by atoms with Gasteiger partial charge in [-0.15, -0.1) is 0 Å². The van der Waals surface area contributed by atoms with E-state index in [0.717, 1.165) is 18.7 Å². The predicted octanol–water partition coefficient (Wildman–Crippen LogP) is 1.91. The second kappa shape index (κ2) is 5.25. The lowest BCUT2D eigenvalue weighted by atomic mass is 10.3. The lowest BCUT2D eigenvalue weighted by Gasteiger charge is -2.11. The number of rotatable bonds is 6. The molecule has 1 heterocycles. The molecule has 1 atom stereocenters. The van der Waals surface area contributed by atoms with Crippen LogP contribution in [0, 0.1) is 0 Å². The molecule has 0 aliphatic heterocycles. The Kier molecular flexibility index (Phi) is 3.72. The molecule has 4 nitrogen and oxygen atoms in total. The lowest BCUT2D eigenvalue weighted by molar-refractivity contribution is 0.207. The Morgan fingerprint density at radius 1 is 1.50 bits per heavy atom. The van der Waals surface area contributed by atoms with Gasteiger partial charge in [0, 0.05) is 18.8 Å². The molecule has 0 spiro atoms. The van der Waals surface area contributed by atoms with Crippen molar-refractivity contribution in [2.45, 2.75) is 51.8 Å². The van der Waals surface area contributed by atoms with Crippen molar-refractivity contribution < 1.29 is 4.74 Å². The van der Waals surface area contributed by atoms with Crippen molar-refractivity contribution >= 4 is 0 Å². The molecule has 16 heavy (non-hydrogen) atoms. The molecule has 4 heteroatoms. The van der Waals surface area contributed by atoms with Crippen LogP contribution in [0.1, 0.15) is 38.8 Å². The molecule has 0 amide bonds. The van der Waals surface area contributed by atoms with Gasteiger partial charge in [-0.2, -0.15) is 0 Å². The zero-order valence-corrected chi connectivity index (χ0v) is 9.94. The lowest BCUT2D eigenvalue weighted by Crippen LogP contribution is -2.17. The summed E-state index contributed by atoms with van der Waals surface area (Å²) in [5.41, 5.74) is 0.952. The molecule has 0 radical (unpaired) electrons. The zero-order chi connectivity index (χ0) is 11.4. The van der Waals surface area contributed by atoms with Gasteiger partial charge >= 0.3 is 0 Å². The fourth-order valence-corrected chi connectivity index (χ4v) is 1.35. The Labute approximate surface area is 96.4 Å². The van der Waals surface area contributed by atoms with Gasteiger partial charge in [-0.05, 0) is 26.2 Å². The molecule has 1 aromatic rings. The molecule has 2 rings (SSSR count).